The van der Waals surface area contributed by atoms with Gasteiger partial charge in [-0.2, -0.15) is 0 Å². The Hall–Kier alpha value is -0.990. The molecule has 0 aromatic carbocycles. The van der Waals surface area contributed by atoms with Gasteiger partial charge in [-0.25, -0.2) is 0 Å². The van der Waals surface area contributed by atoms with Crippen LogP contribution in [0.2, 0.25) is 0 Å². The lowest BCUT2D eigenvalue weighted by Crippen LogP contribution is -2.49. The highest BCUT2D eigenvalue weighted by atomic mass is 16.4. The zero-order valence-corrected chi connectivity index (χ0v) is 8.52. The number of carbonyl (C=O) groups is 1. The van der Waals surface area contributed by atoms with E-state index < -0.39 is 36.9 Å². The quantitative estimate of drug-likeness (QED) is 0.257. The van der Waals surface area contributed by atoms with Gasteiger partial charge in [0.15, 0.2) is 0 Å². The Labute approximate surface area is 94.1 Å². The molecule has 0 aliphatic heterocycles. The van der Waals surface area contributed by atoms with Crippen molar-refractivity contribution in [2.24, 2.45) is 0 Å². The minimum atomic E-state index is -1.72. The lowest BCUT2D eigenvalue weighted by atomic mass is 10.0. The summed E-state index contributed by atoms with van der Waals surface area (Å²) in [7, 11) is 0. The molecule has 7 heteroatoms. The maximum atomic E-state index is 10.9. The highest BCUT2D eigenvalue weighted by Gasteiger charge is 2.29. The Morgan fingerprint density at radius 2 is 1.88 bits per heavy atom. The predicted octanol–water partition coefficient (Wildman–Crippen LogP) is -3.28. The molecule has 1 amide bonds. The largest absolute Gasteiger partial charge is 0.394 e. The van der Waals surface area contributed by atoms with Crippen LogP contribution in [-0.4, -0.2) is 69.0 Å². The maximum absolute atomic E-state index is 10.9. The van der Waals surface area contributed by atoms with Gasteiger partial charge in [0.05, 0.1) is 14.1 Å². The van der Waals surface area contributed by atoms with Crippen molar-refractivity contribution in [3.63, 3.8) is 0 Å². The summed E-state index contributed by atoms with van der Waals surface area (Å²) in [4.78, 5) is 10.9. The summed E-state index contributed by atoms with van der Waals surface area (Å²) in [5, 5.41) is 47.7. The van der Waals surface area contributed by atoms with Crippen LogP contribution in [0.15, 0.2) is 12.6 Å². The molecular weight excluding hydrogens is 218 g/mol. The van der Waals surface area contributed by atoms with Crippen LogP contribution in [0.3, 0.4) is 0 Å². The fraction of sp³-hybridized carbons (Fsp3) is 0.667. The van der Waals surface area contributed by atoms with Crippen LogP contribution in [0.5, 0.6) is 0 Å². The molecule has 94 valence electrons. The van der Waals surface area contributed by atoms with Gasteiger partial charge >= 0.3 is 0 Å². The summed E-state index contributed by atoms with van der Waals surface area (Å²) >= 11 is 0. The number of rotatable bonds is 7. The van der Waals surface area contributed by atoms with E-state index in [0.29, 0.717) is 0 Å². The summed E-state index contributed by atoms with van der Waals surface area (Å²) in [6.45, 7) is -0.374. The molecule has 0 aromatic heterocycles. The fourth-order valence-electron chi connectivity index (χ4n) is 0.948. The average molecular weight is 236 g/mol. The molecule has 0 aliphatic rings. The highest BCUT2D eigenvalue weighted by molar-refractivity contribution is 5.86. The molecular formula is C9H17NO6. The minimum Gasteiger partial charge on any atom is -0.394 e. The van der Waals surface area contributed by atoms with E-state index in [4.69, 9.17) is 11.6 Å². The van der Waals surface area contributed by atoms with Crippen molar-refractivity contribution in [2.75, 3.05) is 13.2 Å². The van der Waals surface area contributed by atoms with Gasteiger partial charge in [0.1, 0.15) is 18.3 Å². The van der Waals surface area contributed by atoms with E-state index in [9.17, 15) is 20.1 Å². The zero-order valence-electron chi connectivity index (χ0n) is 9.52. The first kappa shape index (κ1) is 13.1. The molecule has 0 bridgehead atoms. The molecule has 7 nitrogen and oxygen atoms in total. The van der Waals surface area contributed by atoms with Gasteiger partial charge in [-0.05, 0) is 6.08 Å². The fourth-order valence-corrected chi connectivity index (χ4v) is 0.948. The molecule has 0 aromatic rings. The van der Waals surface area contributed by atoms with Crippen LogP contribution in [0, 0.1) is 0 Å². The Kier molecular flexibility index (Phi) is 5.98. The molecule has 0 saturated heterocycles. The van der Waals surface area contributed by atoms with Gasteiger partial charge in [0.2, 0.25) is 5.91 Å². The number of nitrogens with one attached hydrogen (secondary N) is 1. The molecule has 0 rings (SSSR count). The van der Waals surface area contributed by atoms with E-state index in [1.807, 2.05) is 0 Å². The first-order valence-corrected chi connectivity index (χ1v) is 4.60. The Morgan fingerprint density at radius 3 is 2.38 bits per heavy atom. The second-order valence-electron chi connectivity index (χ2n) is 3.21. The topological polar surface area (TPSA) is 130 Å². The van der Waals surface area contributed by atoms with Crippen molar-refractivity contribution in [3.05, 3.63) is 12.6 Å². The Bertz CT molecular complexity index is 262. The van der Waals surface area contributed by atoms with E-state index in [1.165, 1.54) is 0 Å². The van der Waals surface area contributed by atoms with Crippen LogP contribution in [0.4, 0.5) is 0 Å². The van der Waals surface area contributed by atoms with Crippen molar-refractivity contribution in [1.82, 2.24) is 5.32 Å². The van der Waals surface area contributed by atoms with E-state index in [2.05, 4.69) is 5.32 Å². The molecule has 0 saturated carbocycles. The van der Waals surface area contributed by atoms with Gasteiger partial charge in [0, 0.05) is 6.54 Å². The summed E-state index contributed by atoms with van der Waals surface area (Å²) in [6, 6.07) is 0. The Morgan fingerprint density at radius 1 is 1.31 bits per heavy atom. The van der Waals surface area contributed by atoms with Crippen LogP contribution in [-0.2, 0) is 4.79 Å². The second-order valence-corrected chi connectivity index (χ2v) is 3.21. The van der Waals surface area contributed by atoms with E-state index in [-0.39, 0.29) is 6.54 Å². The molecule has 16 heavy (non-hydrogen) atoms. The number of hydrogen-bond donors (Lipinski definition) is 6. The van der Waals surface area contributed by atoms with Gasteiger partial charge < -0.3 is 30.8 Å². The lowest BCUT2D eigenvalue weighted by Gasteiger charge is -2.25. The third kappa shape index (κ3) is 4.69. The molecule has 0 fully saturated rings. The van der Waals surface area contributed by atoms with E-state index in [0.717, 1.165) is 12.6 Å². The number of hydrogen-bond acceptors (Lipinski definition) is 6. The third-order valence-electron chi connectivity index (χ3n) is 1.96. The summed E-state index contributed by atoms with van der Waals surface area (Å²) < 4.78 is 6.60. The highest BCUT2D eigenvalue weighted by Crippen LogP contribution is 2.04. The van der Waals surface area contributed by atoms with Gasteiger partial charge in [-0.3, -0.25) is 4.79 Å². The molecule has 0 aliphatic carbocycles. The smallest absolute Gasteiger partial charge is 0.243 e. The van der Waals surface area contributed by atoms with E-state index in [1.54, 1.807) is 0 Å². The van der Waals surface area contributed by atoms with Crippen LogP contribution >= 0.6 is 0 Å². The molecule has 4 atom stereocenters. The number of aliphatic hydroxyl groups is 5. The SMILES string of the molecule is [2H]C=CC(=O)NC[C@H](O)[C@@H](O)[C@H](O)[C@H](O)CO. The van der Waals surface area contributed by atoms with E-state index >= 15 is 0 Å². The van der Waals surface area contributed by atoms with Crippen LogP contribution in [0.1, 0.15) is 1.37 Å². The van der Waals surface area contributed by atoms with Crippen molar-refractivity contribution < 1.29 is 31.7 Å². The number of aliphatic hydroxyl groups excluding tert-OH is 5. The van der Waals surface area contributed by atoms with Crippen LogP contribution in [0.25, 0.3) is 0 Å². The maximum Gasteiger partial charge on any atom is 0.243 e. The number of amides is 1. The number of carbonyl (C=O) groups excluding carboxylic acids is 1. The molecule has 0 spiro atoms. The predicted molar refractivity (Wildman–Crippen MR) is 54.3 cm³/mol. The molecule has 0 unspecified atom stereocenters. The second kappa shape index (κ2) is 7.31. The average Bonchev–Trinajstić information content (AvgIpc) is 2.33. The minimum absolute atomic E-state index is 0.362. The summed E-state index contributed by atoms with van der Waals surface area (Å²) in [5.74, 6) is -0.636. The van der Waals surface area contributed by atoms with Gasteiger partial charge in [-0.1, -0.05) is 6.55 Å². The molecule has 6 N–H and O–H groups in total. The lowest BCUT2D eigenvalue weighted by molar-refractivity contribution is -0.122. The van der Waals surface area contributed by atoms with Crippen molar-refractivity contribution in [3.8, 4) is 0 Å². The van der Waals surface area contributed by atoms with Crippen molar-refractivity contribution in [1.29, 1.82) is 0 Å². The summed E-state index contributed by atoms with van der Waals surface area (Å²) in [6.07, 6.45) is -5.62. The van der Waals surface area contributed by atoms with Gasteiger partial charge in [0.25, 0.3) is 0 Å². The monoisotopic (exact) mass is 236 g/mol. The van der Waals surface area contributed by atoms with Gasteiger partial charge in [-0.15, -0.1) is 0 Å². The molecule has 0 radical (unpaired) electrons. The zero-order chi connectivity index (χ0) is 13.4. The normalized spacial score (nSPS) is 19.9. The summed E-state index contributed by atoms with van der Waals surface area (Å²) in [5.41, 5.74) is 0. The van der Waals surface area contributed by atoms with Crippen molar-refractivity contribution in [2.45, 2.75) is 24.4 Å². The Balaban J connectivity index is 4.13. The van der Waals surface area contributed by atoms with Crippen LogP contribution < -0.4 is 5.32 Å². The third-order valence-corrected chi connectivity index (χ3v) is 1.96. The first-order valence-electron chi connectivity index (χ1n) is 5.17. The molecule has 0 heterocycles. The van der Waals surface area contributed by atoms with Crippen molar-refractivity contribution >= 4 is 5.91 Å². The standard InChI is InChI=1S/C9H17NO6/c1-2-7(14)10-3-5(12)8(15)9(16)6(13)4-11/h2,5-6,8-9,11-13,15-16H,1,3-4H2,(H,10,14)/t5-,6+,8+,9+/m0/s1/i1D. The first-order chi connectivity index (χ1) is 7.93.